The number of hydrogen-bond acceptors (Lipinski definition) is 5. The largest absolute Gasteiger partial charge is 0.508 e. The van der Waals surface area contributed by atoms with Crippen molar-refractivity contribution in [2.75, 3.05) is 0 Å². The van der Waals surface area contributed by atoms with Crippen molar-refractivity contribution in [3.8, 4) is 5.75 Å². The van der Waals surface area contributed by atoms with E-state index >= 15 is 0 Å². The van der Waals surface area contributed by atoms with Crippen molar-refractivity contribution in [1.29, 1.82) is 0 Å². The predicted molar refractivity (Wildman–Crippen MR) is 84.8 cm³/mol. The quantitative estimate of drug-likeness (QED) is 0.794. The number of aromatic nitrogens is 3. The van der Waals surface area contributed by atoms with E-state index in [1.165, 1.54) is 10.6 Å². The monoisotopic (exact) mass is 331 g/mol. The van der Waals surface area contributed by atoms with Gasteiger partial charge in [0.1, 0.15) is 12.3 Å². The van der Waals surface area contributed by atoms with Crippen LogP contribution in [-0.2, 0) is 13.0 Å². The molecule has 0 saturated heterocycles. The maximum Gasteiger partial charge on any atom is 0.254 e. The van der Waals surface area contributed by atoms with Crippen LogP contribution in [0.15, 0.2) is 45.7 Å². The summed E-state index contributed by atoms with van der Waals surface area (Å²) >= 11 is 5.85. The second-order valence-electron chi connectivity index (χ2n) is 5.19. The van der Waals surface area contributed by atoms with Crippen molar-refractivity contribution in [2.24, 2.45) is 0 Å². The fourth-order valence-corrected chi connectivity index (χ4v) is 2.39. The van der Waals surface area contributed by atoms with Gasteiger partial charge >= 0.3 is 0 Å². The molecule has 3 rings (SSSR count). The minimum absolute atomic E-state index is 0.0577. The molecule has 0 saturated carbocycles. The molecule has 0 aliphatic heterocycles. The summed E-state index contributed by atoms with van der Waals surface area (Å²) in [6, 6.07) is 10.1. The highest BCUT2D eigenvalue weighted by Crippen LogP contribution is 2.13. The van der Waals surface area contributed by atoms with Crippen LogP contribution in [0.1, 0.15) is 23.0 Å². The Morgan fingerprint density at radius 1 is 1.26 bits per heavy atom. The van der Waals surface area contributed by atoms with Gasteiger partial charge in [-0.3, -0.25) is 4.79 Å². The zero-order valence-electron chi connectivity index (χ0n) is 12.4. The average Bonchev–Trinajstić information content (AvgIpc) is 2.93. The topological polar surface area (TPSA) is 81.1 Å². The summed E-state index contributed by atoms with van der Waals surface area (Å²) in [5.41, 5.74) is 1.31. The summed E-state index contributed by atoms with van der Waals surface area (Å²) in [4.78, 5) is 16.2. The lowest BCUT2D eigenvalue weighted by Gasteiger charge is -2.06. The maximum absolute atomic E-state index is 11.9. The third-order valence-electron chi connectivity index (χ3n) is 3.40. The summed E-state index contributed by atoms with van der Waals surface area (Å²) in [6.07, 6.45) is 0.518. The summed E-state index contributed by atoms with van der Waals surface area (Å²) in [6.45, 7) is 1.89. The Morgan fingerprint density at radius 3 is 2.70 bits per heavy atom. The molecule has 0 aliphatic rings. The van der Waals surface area contributed by atoms with E-state index in [0.29, 0.717) is 28.9 Å². The molecule has 0 aliphatic carbocycles. The Kier molecular flexibility index (Phi) is 4.16. The van der Waals surface area contributed by atoms with E-state index < -0.39 is 0 Å². The van der Waals surface area contributed by atoms with Gasteiger partial charge in [0.05, 0.1) is 0 Å². The fourth-order valence-electron chi connectivity index (χ4n) is 2.26. The van der Waals surface area contributed by atoms with Gasteiger partial charge in [-0.2, -0.15) is 4.98 Å². The minimum Gasteiger partial charge on any atom is -0.508 e. The molecule has 0 spiro atoms. The van der Waals surface area contributed by atoms with Crippen LogP contribution in [0.25, 0.3) is 0 Å². The lowest BCUT2D eigenvalue weighted by Crippen LogP contribution is -2.21. The first-order chi connectivity index (χ1) is 11.0. The summed E-state index contributed by atoms with van der Waals surface area (Å²) in [5, 5.41) is 14.0. The van der Waals surface area contributed by atoms with Crippen molar-refractivity contribution in [2.45, 2.75) is 19.9 Å². The smallest absolute Gasteiger partial charge is 0.254 e. The molecule has 0 amide bonds. The zero-order chi connectivity index (χ0) is 16.4. The van der Waals surface area contributed by atoms with Gasteiger partial charge in [-0.25, -0.2) is 0 Å². The number of nitrogens with zero attached hydrogens (tertiary/aromatic N) is 3. The summed E-state index contributed by atoms with van der Waals surface area (Å²) < 4.78 is 6.65. The summed E-state index contributed by atoms with van der Waals surface area (Å²) in [5.74, 6) is 0.814. The SMILES string of the molecule is Cc1cc(O)cc(=O)n1Cc1nc(Cc2ccc(Cl)cc2)no1. The second kappa shape index (κ2) is 6.26. The third kappa shape index (κ3) is 3.60. The van der Waals surface area contributed by atoms with Crippen LogP contribution in [0.2, 0.25) is 5.02 Å². The lowest BCUT2D eigenvalue weighted by atomic mass is 10.1. The minimum atomic E-state index is -0.319. The Bertz CT molecular complexity index is 884. The number of pyridine rings is 1. The maximum atomic E-state index is 11.9. The van der Waals surface area contributed by atoms with E-state index in [9.17, 15) is 9.90 Å². The van der Waals surface area contributed by atoms with E-state index in [0.717, 1.165) is 11.6 Å². The number of halogens is 1. The molecule has 6 nitrogen and oxygen atoms in total. The predicted octanol–water partition coefficient (Wildman–Crippen LogP) is 2.54. The van der Waals surface area contributed by atoms with E-state index in [1.807, 2.05) is 12.1 Å². The standard InChI is InChI=1S/C16H14ClN3O3/c1-10-6-13(21)8-16(22)20(10)9-15-18-14(19-23-15)7-11-2-4-12(17)5-3-11/h2-6,8,21H,7,9H2,1H3. The first-order valence-corrected chi connectivity index (χ1v) is 7.35. The van der Waals surface area contributed by atoms with Crippen molar-refractivity contribution < 1.29 is 9.63 Å². The molecule has 118 valence electrons. The summed E-state index contributed by atoms with van der Waals surface area (Å²) in [7, 11) is 0. The van der Waals surface area contributed by atoms with Crippen LogP contribution in [0.3, 0.4) is 0 Å². The number of aryl methyl sites for hydroxylation is 1. The number of hydrogen-bond donors (Lipinski definition) is 1. The second-order valence-corrected chi connectivity index (χ2v) is 5.62. The molecular weight excluding hydrogens is 318 g/mol. The Balaban J connectivity index is 1.77. The van der Waals surface area contributed by atoms with Gasteiger partial charge in [-0.1, -0.05) is 28.9 Å². The molecule has 1 N–H and O–H groups in total. The third-order valence-corrected chi connectivity index (χ3v) is 3.65. The molecule has 0 atom stereocenters. The normalized spacial score (nSPS) is 10.9. The molecule has 2 aromatic heterocycles. The molecule has 0 fully saturated rings. The van der Waals surface area contributed by atoms with E-state index in [-0.39, 0.29) is 17.9 Å². The van der Waals surface area contributed by atoms with Gasteiger partial charge < -0.3 is 14.2 Å². The highest BCUT2D eigenvalue weighted by atomic mass is 35.5. The van der Waals surface area contributed by atoms with Crippen LogP contribution in [0.4, 0.5) is 0 Å². The molecule has 1 aromatic carbocycles. The van der Waals surface area contributed by atoms with Crippen LogP contribution in [-0.4, -0.2) is 19.8 Å². The van der Waals surface area contributed by atoms with Crippen LogP contribution >= 0.6 is 11.6 Å². The molecule has 0 bridgehead atoms. The first-order valence-electron chi connectivity index (χ1n) is 6.97. The van der Waals surface area contributed by atoms with Crippen molar-refractivity contribution >= 4 is 11.6 Å². The Morgan fingerprint density at radius 2 is 2.00 bits per heavy atom. The first kappa shape index (κ1) is 15.3. The zero-order valence-corrected chi connectivity index (χ0v) is 13.1. The molecule has 0 radical (unpaired) electrons. The Labute approximate surface area is 137 Å². The van der Waals surface area contributed by atoms with Gasteiger partial charge in [0.2, 0.25) is 5.89 Å². The highest BCUT2D eigenvalue weighted by molar-refractivity contribution is 6.30. The van der Waals surface area contributed by atoms with Gasteiger partial charge in [0.15, 0.2) is 5.82 Å². The van der Waals surface area contributed by atoms with Crippen molar-refractivity contribution in [3.63, 3.8) is 0 Å². The average molecular weight is 332 g/mol. The fraction of sp³-hybridized carbons (Fsp3) is 0.188. The molecule has 23 heavy (non-hydrogen) atoms. The molecule has 0 unspecified atom stereocenters. The number of rotatable bonds is 4. The van der Waals surface area contributed by atoms with Crippen molar-refractivity contribution in [3.05, 3.63) is 74.7 Å². The van der Waals surface area contributed by atoms with Crippen molar-refractivity contribution in [1.82, 2.24) is 14.7 Å². The van der Waals surface area contributed by atoms with Crippen LogP contribution < -0.4 is 5.56 Å². The Hall–Kier alpha value is -2.60. The van der Waals surface area contributed by atoms with Gasteiger partial charge in [-0.15, -0.1) is 0 Å². The van der Waals surface area contributed by atoms with Gasteiger partial charge in [0, 0.05) is 23.2 Å². The molecular formula is C16H14ClN3O3. The van der Waals surface area contributed by atoms with E-state index in [1.54, 1.807) is 19.1 Å². The van der Waals surface area contributed by atoms with Gasteiger partial charge in [0.25, 0.3) is 5.56 Å². The molecule has 7 heteroatoms. The highest BCUT2D eigenvalue weighted by Gasteiger charge is 2.11. The lowest BCUT2D eigenvalue weighted by molar-refractivity contribution is 0.364. The number of benzene rings is 1. The van der Waals surface area contributed by atoms with Gasteiger partial charge in [-0.05, 0) is 30.7 Å². The molecule has 3 aromatic rings. The number of aromatic hydroxyl groups is 1. The van der Waals surface area contributed by atoms with E-state index in [4.69, 9.17) is 16.1 Å². The van der Waals surface area contributed by atoms with Crippen LogP contribution in [0.5, 0.6) is 5.75 Å². The molecule has 2 heterocycles. The van der Waals surface area contributed by atoms with E-state index in [2.05, 4.69) is 10.1 Å². The van der Waals surface area contributed by atoms with Crippen LogP contribution in [0, 0.1) is 6.92 Å².